The second-order valence-electron chi connectivity index (χ2n) is 6.73. The van der Waals surface area contributed by atoms with Crippen molar-refractivity contribution in [2.24, 2.45) is 17.8 Å². The minimum Gasteiger partial charge on any atom is -0.381 e. The van der Waals surface area contributed by atoms with Crippen LogP contribution in [0.15, 0.2) is 0 Å². The first-order valence-electron chi connectivity index (χ1n) is 8.09. The van der Waals surface area contributed by atoms with Gasteiger partial charge in [-0.05, 0) is 50.4 Å². The number of ether oxygens (including phenoxy) is 2. The van der Waals surface area contributed by atoms with Crippen LogP contribution in [-0.2, 0) is 9.47 Å². The number of nitrogens with one attached hydrogen (secondary N) is 1. The average Bonchev–Trinajstić information content (AvgIpc) is 2.86. The third kappa shape index (κ3) is 4.73. The van der Waals surface area contributed by atoms with Crippen LogP contribution < -0.4 is 5.32 Å². The van der Waals surface area contributed by atoms with Gasteiger partial charge < -0.3 is 14.8 Å². The Balaban J connectivity index is 1.66. The molecule has 2 aliphatic rings. The van der Waals surface area contributed by atoms with Gasteiger partial charge in [0, 0.05) is 32.4 Å². The van der Waals surface area contributed by atoms with Crippen molar-refractivity contribution >= 4 is 0 Å². The zero-order valence-corrected chi connectivity index (χ0v) is 12.9. The van der Waals surface area contributed by atoms with Crippen LogP contribution >= 0.6 is 0 Å². The lowest BCUT2D eigenvalue weighted by atomic mass is 9.91. The van der Waals surface area contributed by atoms with Crippen molar-refractivity contribution in [1.29, 1.82) is 0 Å². The second kappa shape index (κ2) is 7.61. The molecule has 0 aromatic rings. The van der Waals surface area contributed by atoms with Gasteiger partial charge in [0.2, 0.25) is 0 Å². The summed E-state index contributed by atoms with van der Waals surface area (Å²) >= 11 is 0. The SMILES string of the molecule is CC(CC1CCOCC1)NC[C@H]1CCO[C@@H]1C(C)C. The van der Waals surface area contributed by atoms with Crippen LogP contribution in [0.2, 0.25) is 0 Å². The normalized spacial score (nSPS) is 30.9. The van der Waals surface area contributed by atoms with Crippen LogP contribution in [0.4, 0.5) is 0 Å². The fourth-order valence-corrected chi connectivity index (χ4v) is 3.53. The molecule has 3 heteroatoms. The summed E-state index contributed by atoms with van der Waals surface area (Å²) in [7, 11) is 0. The molecule has 1 N–H and O–H groups in total. The van der Waals surface area contributed by atoms with E-state index in [1.54, 1.807) is 0 Å². The highest BCUT2D eigenvalue weighted by molar-refractivity contribution is 4.81. The molecule has 3 nitrogen and oxygen atoms in total. The van der Waals surface area contributed by atoms with Gasteiger partial charge in [-0.2, -0.15) is 0 Å². The van der Waals surface area contributed by atoms with Gasteiger partial charge in [-0.1, -0.05) is 13.8 Å². The summed E-state index contributed by atoms with van der Waals surface area (Å²) in [5.41, 5.74) is 0. The molecule has 2 heterocycles. The first kappa shape index (κ1) is 15.3. The molecule has 3 atom stereocenters. The molecule has 0 spiro atoms. The van der Waals surface area contributed by atoms with E-state index >= 15 is 0 Å². The van der Waals surface area contributed by atoms with E-state index in [-0.39, 0.29) is 0 Å². The smallest absolute Gasteiger partial charge is 0.0639 e. The van der Waals surface area contributed by atoms with Crippen LogP contribution in [0, 0.1) is 17.8 Å². The Morgan fingerprint density at radius 1 is 1.05 bits per heavy atom. The Labute approximate surface area is 118 Å². The molecule has 0 radical (unpaired) electrons. The quantitative estimate of drug-likeness (QED) is 0.804. The van der Waals surface area contributed by atoms with E-state index in [1.807, 2.05) is 0 Å². The zero-order valence-electron chi connectivity index (χ0n) is 12.9. The number of rotatable bonds is 6. The van der Waals surface area contributed by atoms with E-state index in [4.69, 9.17) is 9.47 Å². The predicted octanol–water partition coefficient (Wildman–Crippen LogP) is 2.84. The minimum absolute atomic E-state index is 0.461. The standard InChI is InChI=1S/C16H31NO2/c1-12(2)16-15(6-9-19-16)11-17-13(3)10-14-4-7-18-8-5-14/h12-17H,4-11H2,1-3H3/t13?,15-,16-/m1/s1. The average molecular weight is 269 g/mol. The Hall–Kier alpha value is -0.120. The highest BCUT2D eigenvalue weighted by Gasteiger charge is 2.30. The van der Waals surface area contributed by atoms with E-state index in [0.717, 1.165) is 32.3 Å². The molecule has 0 aromatic heterocycles. The Kier molecular flexibility index (Phi) is 6.11. The van der Waals surface area contributed by atoms with Crippen molar-refractivity contribution in [2.45, 2.75) is 58.6 Å². The van der Waals surface area contributed by atoms with Crippen molar-refractivity contribution in [2.75, 3.05) is 26.4 Å². The molecule has 2 aliphatic heterocycles. The van der Waals surface area contributed by atoms with Gasteiger partial charge in [0.05, 0.1) is 6.10 Å². The van der Waals surface area contributed by atoms with E-state index in [1.165, 1.54) is 25.7 Å². The summed E-state index contributed by atoms with van der Waals surface area (Å²) in [5.74, 6) is 2.20. The van der Waals surface area contributed by atoms with E-state index in [9.17, 15) is 0 Å². The lowest BCUT2D eigenvalue weighted by molar-refractivity contribution is 0.0513. The van der Waals surface area contributed by atoms with Crippen LogP contribution in [0.25, 0.3) is 0 Å². The van der Waals surface area contributed by atoms with Gasteiger partial charge in [-0.25, -0.2) is 0 Å². The lowest BCUT2D eigenvalue weighted by Gasteiger charge is -2.27. The van der Waals surface area contributed by atoms with Crippen molar-refractivity contribution < 1.29 is 9.47 Å². The Morgan fingerprint density at radius 2 is 1.79 bits per heavy atom. The second-order valence-corrected chi connectivity index (χ2v) is 6.73. The third-order valence-corrected chi connectivity index (χ3v) is 4.68. The summed E-state index contributed by atoms with van der Waals surface area (Å²) < 4.78 is 11.3. The van der Waals surface area contributed by atoms with E-state index in [2.05, 4.69) is 26.1 Å². The van der Waals surface area contributed by atoms with Crippen molar-refractivity contribution in [1.82, 2.24) is 5.32 Å². The van der Waals surface area contributed by atoms with Crippen LogP contribution in [-0.4, -0.2) is 38.5 Å². The molecule has 0 saturated carbocycles. The fraction of sp³-hybridized carbons (Fsp3) is 1.00. The molecule has 0 aromatic carbocycles. The van der Waals surface area contributed by atoms with Crippen LogP contribution in [0.3, 0.4) is 0 Å². The Morgan fingerprint density at radius 3 is 2.47 bits per heavy atom. The van der Waals surface area contributed by atoms with Crippen molar-refractivity contribution in [3.8, 4) is 0 Å². The maximum absolute atomic E-state index is 5.85. The molecule has 2 fully saturated rings. The summed E-state index contributed by atoms with van der Waals surface area (Å²) in [6.07, 6.45) is 5.46. The molecule has 2 rings (SSSR count). The molecule has 1 unspecified atom stereocenters. The summed E-state index contributed by atoms with van der Waals surface area (Å²) in [6, 6.07) is 0.622. The van der Waals surface area contributed by atoms with Gasteiger partial charge in [0.15, 0.2) is 0 Å². The molecule has 0 amide bonds. The highest BCUT2D eigenvalue weighted by atomic mass is 16.5. The maximum atomic E-state index is 5.85. The van der Waals surface area contributed by atoms with Crippen LogP contribution in [0.1, 0.15) is 46.5 Å². The number of hydrogen-bond donors (Lipinski definition) is 1. The summed E-state index contributed by atoms with van der Waals surface area (Å²) in [5, 5.41) is 3.74. The summed E-state index contributed by atoms with van der Waals surface area (Å²) in [4.78, 5) is 0. The van der Waals surface area contributed by atoms with Gasteiger partial charge in [0.25, 0.3) is 0 Å². The molecular weight excluding hydrogens is 238 g/mol. The van der Waals surface area contributed by atoms with E-state index < -0.39 is 0 Å². The molecule has 0 aliphatic carbocycles. The molecular formula is C16H31NO2. The van der Waals surface area contributed by atoms with Crippen LogP contribution in [0.5, 0.6) is 0 Å². The lowest BCUT2D eigenvalue weighted by Crippen LogP contribution is -2.37. The van der Waals surface area contributed by atoms with Gasteiger partial charge >= 0.3 is 0 Å². The zero-order chi connectivity index (χ0) is 13.7. The first-order chi connectivity index (χ1) is 9.16. The van der Waals surface area contributed by atoms with Gasteiger partial charge in [0.1, 0.15) is 0 Å². The Bertz CT molecular complexity index is 251. The minimum atomic E-state index is 0.461. The van der Waals surface area contributed by atoms with E-state index in [0.29, 0.717) is 24.0 Å². The third-order valence-electron chi connectivity index (χ3n) is 4.68. The van der Waals surface area contributed by atoms with Gasteiger partial charge in [-0.3, -0.25) is 0 Å². The monoisotopic (exact) mass is 269 g/mol. The molecule has 112 valence electrons. The highest BCUT2D eigenvalue weighted by Crippen LogP contribution is 2.26. The first-order valence-corrected chi connectivity index (χ1v) is 8.09. The van der Waals surface area contributed by atoms with Crippen molar-refractivity contribution in [3.63, 3.8) is 0 Å². The summed E-state index contributed by atoms with van der Waals surface area (Å²) in [6.45, 7) is 10.9. The topological polar surface area (TPSA) is 30.5 Å². The predicted molar refractivity (Wildman–Crippen MR) is 78.3 cm³/mol. The largest absolute Gasteiger partial charge is 0.381 e. The fourth-order valence-electron chi connectivity index (χ4n) is 3.53. The van der Waals surface area contributed by atoms with Crippen molar-refractivity contribution in [3.05, 3.63) is 0 Å². The van der Waals surface area contributed by atoms with Gasteiger partial charge in [-0.15, -0.1) is 0 Å². The maximum Gasteiger partial charge on any atom is 0.0639 e. The number of hydrogen-bond acceptors (Lipinski definition) is 3. The molecule has 19 heavy (non-hydrogen) atoms. The molecule has 2 saturated heterocycles. The molecule has 0 bridgehead atoms.